The summed E-state index contributed by atoms with van der Waals surface area (Å²) in [5.74, 6) is 3.66. The average molecular weight is 256 g/mol. The van der Waals surface area contributed by atoms with Gasteiger partial charge in [-0.05, 0) is 24.5 Å². The zero-order valence-corrected chi connectivity index (χ0v) is 11.0. The lowest BCUT2D eigenvalue weighted by molar-refractivity contribution is -0.130. The minimum Gasteiger partial charge on any atom is -0.464 e. The van der Waals surface area contributed by atoms with E-state index >= 15 is 0 Å². The van der Waals surface area contributed by atoms with Crippen LogP contribution in [0.15, 0.2) is 16.5 Å². The summed E-state index contributed by atoms with van der Waals surface area (Å²) in [5.41, 5.74) is 0. The highest BCUT2D eigenvalue weighted by Crippen LogP contribution is 2.47. The Balaban J connectivity index is 1.90. The van der Waals surface area contributed by atoms with Crippen molar-refractivity contribution >= 4 is 17.5 Å². The van der Waals surface area contributed by atoms with Crippen molar-refractivity contribution in [2.24, 2.45) is 5.92 Å². The van der Waals surface area contributed by atoms with Crippen molar-refractivity contribution in [2.45, 2.75) is 32.2 Å². The van der Waals surface area contributed by atoms with E-state index in [0.29, 0.717) is 24.8 Å². The molecular formula is C13H18ClNO2. The smallest absolute Gasteiger partial charge is 0.223 e. The zero-order valence-electron chi connectivity index (χ0n) is 10.3. The van der Waals surface area contributed by atoms with Crippen LogP contribution in [0.5, 0.6) is 0 Å². The Bertz CT molecular complexity index is 402. The van der Waals surface area contributed by atoms with Gasteiger partial charge in [-0.3, -0.25) is 4.79 Å². The second-order valence-corrected chi connectivity index (χ2v) is 5.19. The summed E-state index contributed by atoms with van der Waals surface area (Å²) in [6, 6.07) is 3.99. The maximum Gasteiger partial charge on any atom is 0.223 e. The summed E-state index contributed by atoms with van der Waals surface area (Å²) in [5, 5.41) is 0. The molecule has 2 atom stereocenters. The molecule has 2 unspecified atom stereocenters. The molecule has 0 spiro atoms. The first-order valence-electron chi connectivity index (χ1n) is 6.00. The predicted molar refractivity (Wildman–Crippen MR) is 67.0 cm³/mol. The Morgan fingerprint density at radius 1 is 1.59 bits per heavy atom. The number of amides is 1. The lowest BCUT2D eigenvalue weighted by Gasteiger charge is -2.14. The molecule has 0 aliphatic heterocycles. The first-order valence-corrected chi connectivity index (χ1v) is 6.53. The van der Waals surface area contributed by atoms with Crippen LogP contribution in [-0.2, 0) is 11.3 Å². The van der Waals surface area contributed by atoms with E-state index in [4.69, 9.17) is 16.0 Å². The molecular weight excluding hydrogens is 238 g/mol. The third-order valence-corrected chi connectivity index (χ3v) is 3.47. The highest BCUT2D eigenvalue weighted by atomic mass is 35.5. The molecule has 17 heavy (non-hydrogen) atoms. The molecule has 1 aliphatic carbocycles. The van der Waals surface area contributed by atoms with Crippen molar-refractivity contribution in [2.75, 3.05) is 12.9 Å². The lowest BCUT2D eigenvalue weighted by atomic mass is 10.3. The Morgan fingerprint density at radius 2 is 2.29 bits per heavy atom. The summed E-state index contributed by atoms with van der Waals surface area (Å²) in [6.45, 7) is 2.75. The van der Waals surface area contributed by atoms with E-state index in [-0.39, 0.29) is 5.91 Å². The Hall–Kier alpha value is -0.960. The fourth-order valence-corrected chi connectivity index (χ4v) is 2.15. The number of nitrogens with zero attached hydrogens (tertiary/aromatic N) is 1. The van der Waals surface area contributed by atoms with Gasteiger partial charge in [0, 0.05) is 25.3 Å². The van der Waals surface area contributed by atoms with Crippen molar-refractivity contribution in [1.82, 2.24) is 4.90 Å². The van der Waals surface area contributed by atoms with Gasteiger partial charge in [-0.1, -0.05) is 6.92 Å². The molecule has 0 bridgehead atoms. The van der Waals surface area contributed by atoms with Crippen molar-refractivity contribution in [1.29, 1.82) is 0 Å². The van der Waals surface area contributed by atoms with Gasteiger partial charge in [-0.25, -0.2) is 0 Å². The minimum absolute atomic E-state index is 0.0535. The van der Waals surface area contributed by atoms with Gasteiger partial charge in [-0.15, -0.1) is 11.6 Å². The first-order chi connectivity index (χ1) is 8.11. The number of hydrogen-bond acceptors (Lipinski definition) is 2. The fourth-order valence-electron chi connectivity index (χ4n) is 1.99. The zero-order chi connectivity index (χ0) is 12.4. The van der Waals surface area contributed by atoms with Gasteiger partial charge in [0.25, 0.3) is 0 Å². The Morgan fingerprint density at radius 3 is 2.88 bits per heavy atom. The van der Waals surface area contributed by atoms with Crippen molar-refractivity contribution < 1.29 is 9.21 Å². The van der Waals surface area contributed by atoms with Crippen molar-refractivity contribution in [3.63, 3.8) is 0 Å². The van der Waals surface area contributed by atoms with Gasteiger partial charge in [0.2, 0.25) is 5.91 Å². The maximum atomic E-state index is 11.6. The van der Waals surface area contributed by atoms with Crippen LogP contribution < -0.4 is 0 Å². The second-order valence-electron chi connectivity index (χ2n) is 4.81. The van der Waals surface area contributed by atoms with E-state index in [2.05, 4.69) is 6.92 Å². The van der Waals surface area contributed by atoms with Crippen LogP contribution in [0.25, 0.3) is 0 Å². The molecule has 1 aliphatic rings. The van der Waals surface area contributed by atoms with E-state index in [9.17, 15) is 4.79 Å². The van der Waals surface area contributed by atoms with Crippen LogP contribution in [-0.4, -0.2) is 23.7 Å². The number of hydrogen-bond donors (Lipinski definition) is 0. The SMILES string of the molecule is CC1CC1c1ccc(CN(C)C(=O)CCCl)o1. The summed E-state index contributed by atoms with van der Waals surface area (Å²) in [7, 11) is 1.77. The molecule has 0 aromatic carbocycles. The predicted octanol–water partition coefficient (Wildman–Crippen LogP) is 2.99. The molecule has 0 radical (unpaired) electrons. The fraction of sp³-hybridized carbons (Fsp3) is 0.615. The van der Waals surface area contributed by atoms with Crippen LogP contribution in [0, 0.1) is 5.92 Å². The number of carbonyl (C=O) groups excluding carboxylic acids is 1. The Labute approximate surface area is 107 Å². The molecule has 1 heterocycles. The highest BCUT2D eigenvalue weighted by molar-refractivity contribution is 6.18. The van der Waals surface area contributed by atoms with Crippen molar-refractivity contribution in [3.8, 4) is 0 Å². The van der Waals surface area contributed by atoms with Gasteiger partial charge in [-0.2, -0.15) is 0 Å². The molecule has 0 N–H and O–H groups in total. The van der Waals surface area contributed by atoms with Crippen LogP contribution in [0.1, 0.15) is 37.2 Å². The van der Waals surface area contributed by atoms with Crippen LogP contribution in [0.2, 0.25) is 0 Å². The van der Waals surface area contributed by atoms with Crippen LogP contribution in [0.4, 0.5) is 0 Å². The second kappa shape index (κ2) is 5.13. The number of carbonyl (C=O) groups is 1. The van der Waals surface area contributed by atoms with Crippen molar-refractivity contribution in [3.05, 3.63) is 23.7 Å². The van der Waals surface area contributed by atoms with Gasteiger partial charge in [0.1, 0.15) is 11.5 Å². The summed E-state index contributed by atoms with van der Waals surface area (Å²) < 4.78 is 5.75. The van der Waals surface area contributed by atoms with Gasteiger partial charge < -0.3 is 9.32 Å². The van der Waals surface area contributed by atoms with Crippen LogP contribution in [0.3, 0.4) is 0 Å². The molecule has 1 fully saturated rings. The molecule has 3 nitrogen and oxygen atoms in total. The number of alkyl halides is 1. The molecule has 1 aromatic rings. The maximum absolute atomic E-state index is 11.6. The molecule has 4 heteroatoms. The number of halogens is 1. The summed E-state index contributed by atoms with van der Waals surface area (Å²) >= 11 is 5.54. The molecule has 1 amide bonds. The molecule has 1 saturated carbocycles. The van der Waals surface area contributed by atoms with E-state index < -0.39 is 0 Å². The third-order valence-electron chi connectivity index (χ3n) is 3.28. The standard InChI is InChI=1S/C13H18ClNO2/c1-9-7-11(9)12-4-3-10(17-12)8-15(2)13(16)5-6-14/h3-4,9,11H,5-8H2,1-2H3. The number of rotatable bonds is 5. The normalized spacial score (nSPS) is 22.5. The minimum atomic E-state index is 0.0535. The topological polar surface area (TPSA) is 33.5 Å². The molecule has 0 saturated heterocycles. The monoisotopic (exact) mass is 255 g/mol. The molecule has 94 valence electrons. The quantitative estimate of drug-likeness (QED) is 0.758. The van der Waals surface area contributed by atoms with E-state index in [1.807, 2.05) is 12.1 Å². The van der Waals surface area contributed by atoms with E-state index in [1.165, 1.54) is 6.42 Å². The largest absolute Gasteiger partial charge is 0.464 e. The highest BCUT2D eigenvalue weighted by Gasteiger charge is 2.36. The Kier molecular flexibility index (Phi) is 3.77. The van der Waals surface area contributed by atoms with E-state index in [0.717, 1.165) is 17.4 Å². The van der Waals surface area contributed by atoms with Gasteiger partial charge in [0.15, 0.2) is 0 Å². The summed E-state index contributed by atoms with van der Waals surface area (Å²) in [6.07, 6.45) is 1.60. The van der Waals surface area contributed by atoms with Crippen LogP contribution >= 0.6 is 11.6 Å². The molecule has 2 rings (SSSR count). The average Bonchev–Trinajstić information content (AvgIpc) is 2.84. The van der Waals surface area contributed by atoms with E-state index in [1.54, 1.807) is 11.9 Å². The lowest BCUT2D eigenvalue weighted by Crippen LogP contribution is -2.25. The summed E-state index contributed by atoms with van der Waals surface area (Å²) in [4.78, 5) is 13.2. The first kappa shape index (κ1) is 12.5. The third kappa shape index (κ3) is 3.03. The molecule has 1 aromatic heterocycles. The van der Waals surface area contributed by atoms with Gasteiger partial charge in [0.05, 0.1) is 6.54 Å². The number of furan rings is 1. The van der Waals surface area contributed by atoms with Gasteiger partial charge >= 0.3 is 0 Å².